The lowest BCUT2D eigenvalue weighted by Gasteiger charge is -2.27. The summed E-state index contributed by atoms with van der Waals surface area (Å²) in [5, 5.41) is 49.7. The zero-order chi connectivity index (χ0) is 14.3. The Bertz CT molecular complexity index is 235. The highest BCUT2D eigenvalue weighted by Crippen LogP contribution is 2.22. The number of aliphatic hydroxyl groups excluding tert-OH is 5. The normalized spacial score (nSPS) is 23.8. The van der Waals surface area contributed by atoms with Crippen molar-refractivity contribution >= 4 is 0 Å². The summed E-state index contributed by atoms with van der Waals surface area (Å²) in [6, 6.07) is 0. The molecule has 0 spiro atoms. The predicted octanol–water partition coefficient (Wildman–Crippen LogP) is -1.41. The lowest BCUT2D eigenvalue weighted by atomic mass is 9.89. The van der Waals surface area contributed by atoms with Crippen LogP contribution >= 0.6 is 0 Å². The molecule has 4 atom stereocenters. The lowest BCUT2D eigenvalue weighted by molar-refractivity contribution is -0.114. The van der Waals surface area contributed by atoms with Crippen molar-refractivity contribution in [3.8, 4) is 0 Å². The van der Waals surface area contributed by atoms with Gasteiger partial charge in [0.15, 0.2) is 0 Å². The minimum Gasteiger partial charge on any atom is -0.394 e. The number of aliphatic hydroxyl groups is 5. The molecule has 0 aliphatic heterocycles. The van der Waals surface area contributed by atoms with Crippen molar-refractivity contribution in [3.05, 3.63) is 0 Å². The van der Waals surface area contributed by atoms with Gasteiger partial charge in [-0.15, -0.1) is 0 Å². The van der Waals surface area contributed by atoms with Crippen molar-refractivity contribution in [2.45, 2.75) is 56.5 Å². The molecule has 114 valence electrons. The zero-order valence-corrected chi connectivity index (χ0v) is 11.3. The molecule has 0 aromatic heterocycles. The van der Waals surface area contributed by atoms with Gasteiger partial charge in [0.1, 0.15) is 18.3 Å². The topological polar surface area (TPSA) is 113 Å². The van der Waals surface area contributed by atoms with Gasteiger partial charge in [-0.25, -0.2) is 0 Å². The van der Waals surface area contributed by atoms with Gasteiger partial charge in [0.05, 0.1) is 12.7 Å². The molecular weight excluding hydrogens is 250 g/mol. The monoisotopic (exact) mass is 277 g/mol. The maximum atomic E-state index is 9.70. The summed E-state index contributed by atoms with van der Waals surface area (Å²) >= 11 is 0. The average molecular weight is 277 g/mol. The Balaban J connectivity index is 2.20. The van der Waals surface area contributed by atoms with Crippen molar-refractivity contribution < 1.29 is 25.5 Å². The molecule has 6 nitrogen and oxygen atoms in total. The molecule has 1 aliphatic rings. The number of hydrogen-bond donors (Lipinski definition) is 6. The Morgan fingerprint density at radius 1 is 0.895 bits per heavy atom. The van der Waals surface area contributed by atoms with E-state index < -0.39 is 31.0 Å². The molecule has 1 aliphatic carbocycles. The molecule has 0 radical (unpaired) electrons. The van der Waals surface area contributed by atoms with Gasteiger partial charge >= 0.3 is 0 Å². The molecule has 0 unspecified atom stereocenters. The SMILES string of the molecule is OC[C@@H](O)[C@@H](O)[C@H](O)[C@@H](O)CNCC1CCCCC1. The second-order valence-electron chi connectivity index (χ2n) is 5.46. The fourth-order valence-corrected chi connectivity index (χ4v) is 2.51. The van der Waals surface area contributed by atoms with Crippen LogP contribution in [0.2, 0.25) is 0 Å². The van der Waals surface area contributed by atoms with Crippen LogP contribution in [0.1, 0.15) is 32.1 Å². The molecule has 6 heteroatoms. The van der Waals surface area contributed by atoms with E-state index in [2.05, 4.69) is 5.32 Å². The largest absolute Gasteiger partial charge is 0.394 e. The van der Waals surface area contributed by atoms with Gasteiger partial charge in [-0.2, -0.15) is 0 Å². The highest BCUT2D eigenvalue weighted by molar-refractivity contribution is 4.82. The molecule has 1 fully saturated rings. The first-order valence-corrected chi connectivity index (χ1v) is 7.10. The first kappa shape index (κ1) is 16.8. The third-order valence-corrected chi connectivity index (χ3v) is 3.84. The summed E-state index contributed by atoms with van der Waals surface area (Å²) < 4.78 is 0. The Kier molecular flexibility index (Phi) is 7.82. The summed E-state index contributed by atoms with van der Waals surface area (Å²) in [5.41, 5.74) is 0. The van der Waals surface area contributed by atoms with E-state index in [0.29, 0.717) is 5.92 Å². The highest BCUT2D eigenvalue weighted by atomic mass is 16.4. The molecule has 1 rings (SSSR count). The van der Waals surface area contributed by atoms with Gasteiger partial charge in [0.2, 0.25) is 0 Å². The van der Waals surface area contributed by atoms with Crippen LogP contribution in [0.25, 0.3) is 0 Å². The van der Waals surface area contributed by atoms with Gasteiger partial charge in [0, 0.05) is 6.54 Å². The maximum absolute atomic E-state index is 9.70. The van der Waals surface area contributed by atoms with Crippen LogP contribution in [0.4, 0.5) is 0 Å². The van der Waals surface area contributed by atoms with Crippen molar-refractivity contribution in [1.29, 1.82) is 0 Å². The van der Waals surface area contributed by atoms with Gasteiger partial charge in [-0.05, 0) is 25.3 Å². The third-order valence-electron chi connectivity index (χ3n) is 3.84. The quantitative estimate of drug-likeness (QED) is 0.325. The Hall–Kier alpha value is -0.240. The summed E-state index contributed by atoms with van der Waals surface area (Å²) in [5.74, 6) is 0.617. The van der Waals surface area contributed by atoms with Crippen LogP contribution < -0.4 is 5.32 Å². The first-order chi connectivity index (χ1) is 9.06. The lowest BCUT2D eigenvalue weighted by Crippen LogP contribution is -2.49. The second kappa shape index (κ2) is 8.84. The van der Waals surface area contributed by atoms with E-state index in [4.69, 9.17) is 5.11 Å². The smallest absolute Gasteiger partial charge is 0.111 e. The van der Waals surface area contributed by atoms with Crippen molar-refractivity contribution in [2.75, 3.05) is 19.7 Å². The highest BCUT2D eigenvalue weighted by Gasteiger charge is 2.29. The maximum Gasteiger partial charge on any atom is 0.111 e. The van der Waals surface area contributed by atoms with Gasteiger partial charge in [-0.3, -0.25) is 0 Å². The summed E-state index contributed by atoms with van der Waals surface area (Å²) in [4.78, 5) is 0. The van der Waals surface area contributed by atoms with Gasteiger partial charge in [0.25, 0.3) is 0 Å². The zero-order valence-electron chi connectivity index (χ0n) is 11.3. The molecule has 0 aromatic carbocycles. The average Bonchev–Trinajstić information content (AvgIpc) is 2.45. The van der Waals surface area contributed by atoms with E-state index in [0.717, 1.165) is 6.54 Å². The van der Waals surface area contributed by atoms with E-state index >= 15 is 0 Å². The summed E-state index contributed by atoms with van der Waals surface area (Å²) in [6.45, 7) is 0.301. The molecule has 19 heavy (non-hydrogen) atoms. The number of nitrogens with one attached hydrogen (secondary N) is 1. The third kappa shape index (κ3) is 5.72. The van der Waals surface area contributed by atoms with Crippen LogP contribution in [-0.4, -0.2) is 69.6 Å². The fraction of sp³-hybridized carbons (Fsp3) is 1.00. The minimum absolute atomic E-state index is 0.160. The van der Waals surface area contributed by atoms with E-state index in [1.807, 2.05) is 0 Å². The molecule has 0 heterocycles. The van der Waals surface area contributed by atoms with Crippen LogP contribution in [0.3, 0.4) is 0 Å². The summed E-state index contributed by atoms with van der Waals surface area (Å²) in [6.07, 6.45) is 0.552. The predicted molar refractivity (Wildman–Crippen MR) is 70.6 cm³/mol. The molecule has 1 saturated carbocycles. The van der Waals surface area contributed by atoms with Crippen molar-refractivity contribution in [1.82, 2.24) is 5.32 Å². The Labute approximate surface area is 114 Å². The van der Waals surface area contributed by atoms with Crippen molar-refractivity contribution in [3.63, 3.8) is 0 Å². The van der Waals surface area contributed by atoms with Gasteiger partial charge < -0.3 is 30.8 Å². The van der Waals surface area contributed by atoms with Crippen LogP contribution in [-0.2, 0) is 0 Å². The molecule has 0 saturated heterocycles. The molecule has 0 amide bonds. The minimum atomic E-state index is -1.54. The van der Waals surface area contributed by atoms with Crippen LogP contribution in [0, 0.1) is 5.92 Å². The standard InChI is InChI=1S/C13H27NO5/c15-8-11(17)13(19)12(18)10(16)7-14-6-9-4-2-1-3-5-9/h9-19H,1-8H2/t10-,11+,12+,13+/m0/s1. The van der Waals surface area contributed by atoms with E-state index in [1.165, 1.54) is 32.1 Å². The summed E-state index contributed by atoms with van der Waals surface area (Å²) in [7, 11) is 0. The molecule has 6 N–H and O–H groups in total. The first-order valence-electron chi connectivity index (χ1n) is 7.10. The Morgan fingerprint density at radius 2 is 1.47 bits per heavy atom. The van der Waals surface area contributed by atoms with Crippen LogP contribution in [0.15, 0.2) is 0 Å². The van der Waals surface area contributed by atoms with E-state index in [-0.39, 0.29) is 6.54 Å². The molecular formula is C13H27NO5. The van der Waals surface area contributed by atoms with Gasteiger partial charge in [-0.1, -0.05) is 19.3 Å². The second-order valence-corrected chi connectivity index (χ2v) is 5.46. The number of rotatable bonds is 8. The van der Waals surface area contributed by atoms with Crippen LogP contribution in [0.5, 0.6) is 0 Å². The van der Waals surface area contributed by atoms with E-state index in [9.17, 15) is 20.4 Å². The van der Waals surface area contributed by atoms with E-state index in [1.54, 1.807) is 0 Å². The molecule has 0 aromatic rings. The van der Waals surface area contributed by atoms with Crippen molar-refractivity contribution in [2.24, 2.45) is 5.92 Å². The molecule has 0 bridgehead atoms. The fourth-order valence-electron chi connectivity index (χ4n) is 2.51. The Morgan fingerprint density at radius 3 is 2.05 bits per heavy atom. The number of hydrogen-bond acceptors (Lipinski definition) is 6.